The zero-order valence-corrected chi connectivity index (χ0v) is 5.91. The zero-order valence-electron chi connectivity index (χ0n) is 5.91. The van der Waals surface area contributed by atoms with Gasteiger partial charge in [-0.05, 0) is 11.6 Å². The van der Waals surface area contributed by atoms with E-state index in [0.717, 1.165) is 0 Å². The second-order valence-electron chi connectivity index (χ2n) is 2.17. The van der Waals surface area contributed by atoms with Gasteiger partial charge in [-0.3, -0.25) is 4.79 Å². The summed E-state index contributed by atoms with van der Waals surface area (Å²) in [5.41, 5.74) is 5.79. The molecule has 0 bridgehead atoms. The number of primary amides is 1. The fourth-order valence-electron chi connectivity index (χ4n) is 0.887. The highest BCUT2D eigenvalue weighted by Gasteiger charge is 2.04. The van der Waals surface area contributed by atoms with Crippen LogP contribution in [0.2, 0.25) is 0 Å². The molecule has 0 aromatic heterocycles. The van der Waals surface area contributed by atoms with Gasteiger partial charge in [0.2, 0.25) is 5.91 Å². The molecule has 57 valence electrons. The van der Waals surface area contributed by atoms with E-state index in [2.05, 4.69) is 0 Å². The highest BCUT2D eigenvalue weighted by molar-refractivity contribution is 5.94. The average molecular weight is 150 g/mol. The van der Waals surface area contributed by atoms with E-state index < -0.39 is 12.5 Å². The summed E-state index contributed by atoms with van der Waals surface area (Å²) < 4.78 is 0. The molecule has 1 aromatic rings. The van der Waals surface area contributed by atoms with Crippen LogP contribution in [0.25, 0.3) is 0 Å². The number of amides is 1. The van der Waals surface area contributed by atoms with Gasteiger partial charge < -0.3 is 5.73 Å². The van der Waals surface area contributed by atoms with Crippen molar-refractivity contribution in [1.82, 2.24) is 0 Å². The standard InChI is InChI=1S/C8H8NO2/c9-8(11)7-4-2-1-3-6(7)5-10/h1-4H,5H2,(H2,9,11). The summed E-state index contributed by atoms with van der Waals surface area (Å²) in [4.78, 5) is 10.7. The molecule has 1 aromatic carbocycles. The third-order valence-electron chi connectivity index (χ3n) is 1.44. The Morgan fingerprint density at radius 2 is 2.00 bits per heavy atom. The van der Waals surface area contributed by atoms with Gasteiger partial charge in [0.1, 0.15) is 6.61 Å². The number of rotatable bonds is 2. The van der Waals surface area contributed by atoms with Crippen molar-refractivity contribution in [2.24, 2.45) is 5.73 Å². The molecule has 1 radical (unpaired) electrons. The second-order valence-corrected chi connectivity index (χ2v) is 2.17. The van der Waals surface area contributed by atoms with E-state index in [1.807, 2.05) is 0 Å². The monoisotopic (exact) mass is 150 g/mol. The SMILES string of the molecule is NC(=O)c1ccccc1C[O]. The van der Waals surface area contributed by atoms with Gasteiger partial charge in [-0.15, -0.1) is 0 Å². The largest absolute Gasteiger partial charge is 0.366 e. The van der Waals surface area contributed by atoms with E-state index in [-0.39, 0.29) is 0 Å². The summed E-state index contributed by atoms with van der Waals surface area (Å²) in [5.74, 6) is -0.545. The second kappa shape index (κ2) is 3.16. The fourth-order valence-corrected chi connectivity index (χ4v) is 0.887. The van der Waals surface area contributed by atoms with Gasteiger partial charge >= 0.3 is 0 Å². The van der Waals surface area contributed by atoms with Crippen LogP contribution in [0.5, 0.6) is 0 Å². The molecule has 3 heteroatoms. The van der Waals surface area contributed by atoms with E-state index >= 15 is 0 Å². The minimum atomic E-state index is -0.545. The lowest BCUT2D eigenvalue weighted by atomic mass is 10.1. The van der Waals surface area contributed by atoms with Crippen molar-refractivity contribution in [1.29, 1.82) is 0 Å². The minimum Gasteiger partial charge on any atom is -0.366 e. The van der Waals surface area contributed by atoms with Crippen LogP contribution in [0.15, 0.2) is 24.3 Å². The third-order valence-corrected chi connectivity index (χ3v) is 1.44. The Kier molecular flexibility index (Phi) is 2.23. The van der Waals surface area contributed by atoms with Gasteiger partial charge in [0.15, 0.2) is 0 Å². The Balaban J connectivity index is 3.12. The highest BCUT2D eigenvalue weighted by atomic mass is 16.3. The van der Waals surface area contributed by atoms with Crippen LogP contribution >= 0.6 is 0 Å². The molecule has 0 spiro atoms. The topological polar surface area (TPSA) is 63.0 Å². The predicted octanol–water partition coefficient (Wildman–Crippen LogP) is 0.716. The first-order valence-electron chi connectivity index (χ1n) is 3.21. The van der Waals surface area contributed by atoms with Crippen molar-refractivity contribution in [3.05, 3.63) is 35.4 Å². The lowest BCUT2D eigenvalue weighted by molar-refractivity contribution is 0.0994. The van der Waals surface area contributed by atoms with Crippen LogP contribution in [0.1, 0.15) is 15.9 Å². The number of hydrogen-bond donors (Lipinski definition) is 1. The van der Waals surface area contributed by atoms with Gasteiger partial charge in [-0.25, -0.2) is 5.11 Å². The summed E-state index contributed by atoms with van der Waals surface area (Å²) >= 11 is 0. The first-order valence-corrected chi connectivity index (χ1v) is 3.21. The van der Waals surface area contributed by atoms with Gasteiger partial charge in [0.05, 0.1) is 0 Å². The summed E-state index contributed by atoms with van der Waals surface area (Å²) in [6.07, 6.45) is 0. The van der Waals surface area contributed by atoms with Crippen molar-refractivity contribution in [2.45, 2.75) is 6.61 Å². The quantitative estimate of drug-likeness (QED) is 0.663. The van der Waals surface area contributed by atoms with Gasteiger partial charge in [0, 0.05) is 5.56 Å². The van der Waals surface area contributed by atoms with Gasteiger partial charge in [-0.2, -0.15) is 0 Å². The predicted molar refractivity (Wildman–Crippen MR) is 39.4 cm³/mol. The molecular formula is C8H8NO2. The van der Waals surface area contributed by atoms with Crippen molar-refractivity contribution >= 4 is 5.91 Å². The van der Waals surface area contributed by atoms with E-state index in [1.165, 1.54) is 0 Å². The number of nitrogens with two attached hydrogens (primary N) is 1. The van der Waals surface area contributed by atoms with Crippen molar-refractivity contribution in [3.8, 4) is 0 Å². The molecule has 1 amide bonds. The van der Waals surface area contributed by atoms with Crippen molar-refractivity contribution in [2.75, 3.05) is 0 Å². The molecule has 11 heavy (non-hydrogen) atoms. The molecular weight excluding hydrogens is 142 g/mol. The van der Waals surface area contributed by atoms with Crippen molar-refractivity contribution < 1.29 is 9.90 Å². The third kappa shape index (κ3) is 1.56. The first kappa shape index (κ1) is 7.75. The highest BCUT2D eigenvalue weighted by Crippen LogP contribution is 2.06. The summed E-state index contributed by atoms with van der Waals surface area (Å²) in [5, 5.41) is 10.4. The molecule has 0 aliphatic rings. The summed E-state index contributed by atoms with van der Waals surface area (Å²) in [6.45, 7) is -0.404. The smallest absolute Gasteiger partial charge is 0.249 e. The summed E-state index contributed by atoms with van der Waals surface area (Å²) in [7, 11) is 0. The Morgan fingerprint density at radius 3 is 2.45 bits per heavy atom. The zero-order chi connectivity index (χ0) is 8.27. The molecule has 0 aliphatic carbocycles. The number of benzene rings is 1. The van der Waals surface area contributed by atoms with Crippen LogP contribution in [0.4, 0.5) is 0 Å². The number of carbonyl (C=O) groups excluding carboxylic acids is 1. The molecule has 0 aliphatic heterocycles. The maximum atomic E-state index is 10.7. The molecule has 0 saturated carbocycles. The summed E-state index contributed by atoms with van der Waals surface area (Å²) in [6, 6.07) is 6.54. The lowest BCUT2D eigenvalue weighted by Crippen LogP contribution is -2.13. The normalized spacial score (nSPS) is 9.55. The lowest BCUT2D eigenvalue weighted by Gasteiger charge is -1.99. The Bertz CT molecular complexity index is 271. The van der Waals surface area contributed by atoms with Gasteiger partial charge in [0.25, 0.3) is 0 Å². The van der Waals surface area contributed by atoms with Crippen LogP contribution < -0.4 is 5.73 Å². The van der Waals surface area contributed by atoms with Crippen LogP contribution in [-0.4, -0.2) is 5.91 Å². The Hall–Kier alpha value is -1.35. The molecule has 0 saturated heterocycles. The Morgan fingerprint density at radius 1 is 1.36 bits per heavy atom. The molecule has 1 rings (SSSR count). The van der Waals surface area contributed by atoms with Crippen molar-refractivity contribution in [3.63, 3.8) is 0 Å². The van der Waals surface area contributed by atoms with E-state index in [1.54, 1.807) is 24.3 Å². The molecule has 2 N–H and O–H groups in total. The van der Waals surface area contributed by atoms with E-state index in [4.69, 9.17) is 5.73 Å². The number of carbonyl (C=O) groups is 1. The van der Waals surface area contributed by atoms with Crippen LogP contribution in [0, 0.1) is 0 Å². The molecule has 0 atom stereocenters. The molecule has 0 fully saturated rings. The fraction of sp³-hybridized carbons (Fsp3) is 0.125. The number of hydrogen-bond acceptors (Lipinski definition) is 1. The first-order chi connectivity index (χ1) is 5.25. The van der Waals surface area contributed by atoms with Gasteiger partial charge in [-0.1, -0.05) is 18.2 Å². The Labute approximate surface area is 64.5 Å². The van der Waals surface area contributed by atoms with Crippen LogP contribution in [-0.2, 0) is 11.7 Å². The molecule has 3 nitrogen and oxygen atoms in total. The molecule has 0 heterocycles. The maximum Gasteiger partial charge on any atom is 0.249 e. The minimum absolute atomic E-state index is 0.322. The molecule has 0 unspecified atom stereocenters. The van der Waals surface area contributed by atoms with E-state index in [0.29, 0.717) is 11.1 Å². The maximum absolute atomic E-state index is 10.7. The average Bonchev–Trinajstić information content (AvgIpc) is 2.04. The van der Waals surface area contributed by atoms with Crippen LogP contribution in [0.3, 0.4) is 0 Å². The van der Waals surface area contributed by atoms with E-state index in [9.17, 15) is 9.90 Å².